The molecule has 0 radical (unpaired) electrons. The number of hydrogen-bond donors (Lipinski definition) is 6. The number of amides is 2. The molecule has 2 saturated heterocycles. The van der Waals surface area contributed by atoms with Gasteiger partial charge in [-0.15, -0.1) is 23.1 Å². The molecule has 3 aliphatic heterocycles. The van der Waals surface area contributed by atoms with E-state index in [0.29, 0.717) is 35.2 Å². The number of nitrogens with two attached hydrogens (primary N) is 2. The number of thioether (sulfide) groups is 1. The lowest BCUT2D eigenvalue weighted by molar-refractivity contribution is -0.912. The number of carboxylic acid groups (broad SMARTS) is 3. The molecule has 16 nitrogen and oxygen atoms in total. The maximum Gasteiger partial charge on any atom is 0.352 e. The first-order valence-electron chi connectivity index (χ1n) is 14.4. The highest BCUT2D eigenvalue weighted by molar-refractivity contribution is 8.00. The molecule has 3 aliphatic rings. The number of likely N-dealkylation sites (tertiary alicyclic amines) is 1. The Morgan fingerprint density at radius 1 is 1.22 bits per heavy atom. The Balaban J connectivity index is 1.49. The number of aromatic nitrogens is 1. The third-order valence-corrected chi connectivity index (χ3v) is 10.2. The fourth-order valence-corrected chi connectivity index (χ4v) is 7.50. The van der Waals surface area contributed by atoms with Gasteiger partial charge in [0.15, 0.2) is 10.8 Å². The Kier molecular flexibility index (Phi) is 10.4. The van der Waals surface area contributed by atoms with Crippen molar-refractivity contribution in [3.05, 3.63) is 22.3 Å². The zero-order chi connectivity index (χ0) is 33.1. The number of nitrogens with one attached hydrogen (secondary N) is 1. The summed E-state index contributed by atoms with van der Waals surface area (Å²) >= 11 is 2.37. The topological polar surface area (TPSA) is 248 Å². The SMILES string of the molecule is CC(C)(O/N=C(\C(=O)N[C@@H]1C(=O)N2C(C(=O)O)=C(C[N+]3(CCCC[C@H](N)C(=O)O)CCCC3)CSC12)c1csc(N)n1)C(=O)O. The number of anilines is 1. The molecule has 0 aromatic carbocycles. The average Bonchev–Trinajstić information content (AvgIpc) is 3.62. The smallest absolute Gasteiger partial charge is 0.352 e. The minimum Gasteiger partial charge on any atom is -0.480 e. The van der Waals surface area contributed by atoms with Gasteiger partial charge in [-0.3, -0.25) is 19.3 Å². The number of nitrogen functional groups attached to an aromatic ring is 1. The van der Waals surface area contributed by atoms with E-state index in [4.69, 9.17) is 21.4 Å². The molecule has 3 atom stereocenters. The zero-order valence-corrected chi connectivity index (χ0v) is 26.6. The van der Waals surface area contributed by atoms with Gasteiger partial charge in [0.1, 0.15) is 35.4 Å². The summed E-state index contributed by atoms with van der Waals surface area (Å²) < 4.78 is 0.658. The Labute approximate surface area is 267 Å². The quantitative estimate of drug-likeness (QED) is 0.0483. The van der Waals surface area contributed by atoms with Crippen LogP contribution in [0.25, 0.3) is 0 Å². The molecule has 1 aromatic rings. The highest BCUT2D eigenvalue weighted by Crippen LogP contribution is 2.41. The molecule has 0 saturated carbocycles. The molecule has 18 heteroatoms. The Bertz CT molecular complexity index is 1420. The molecule has 2 amide bonds. The Morgan fingerprint density at radius 2 is 1.91 bits per heavy atom. The molecule has 0 bridgehead atoms. The van der Waals surface area contributed by atoms with E-state index in [2.05, 4.69) is 15.5 Å². The molecular formula is C27H38N7O9S2+. The number of aliphatic carboxylic acids is 3. The summed E-state index contributed by atoms with van der Waals surface area (Å²) in [7, 11) is 0. The van der Waals surface area contributed by atoms with Crippen LogP contribution in [0.4, 0.5) is 5.13 Å². The summed E-state index contributed by atoms with van der Waals surface area (Å²) in [6.45, 7) is 5.39. The van der Waals surface area contributed by atoms with Crippen LogP contribution in [0, 0.1) is 0 Å². The molecule has 0 spiro atoms. The van der Waals surface area contributed by atoms with Crippen molar-refractivity contribution in [2.24, 2.45) is 10.9 Å². The van der Waals surface area contributed by atoms with Crippen LogP contribution in [-0.4, -0.2) is 120 Å². The number of thiazole rings is 1. The van der Waals surface area contributed by atoms with Gasteiger partial charge in [0.25, 0.3) is 11.8 Å². The van der Waals surface area contributed by atoms with Gasteiger partial charge >= 0.3 is 17.9 Å². The molecule has 0 aliphatic carbocycles. The van der Waals surface area contributed by atoms with Crippen molar-refractivity contribution in [1.82, 2.24) is 15.2 Å². The van der Waals surface area contributed by atoms with Crippen molar-refractivity contribution >= 4 is 63.7 Å². The lowest BCUT2D eigenvalue weighted by atomic mass is 10.0. The normalized spacial score (nSPS) is 22.0. The van der Waals surface area contributed by atoms with Gasteiger partial charge in [-0.1, -0.05) is 5.16 Å². The predicted molar refractivity (Wildman–Crippen MR) is 164 cm³/mol. The van der Waals surface area contributed by atoms with E-state index < -0.39 is 52.8 Å². The van der Waals surface area contributed by atoms with Crippen LogP contribution in [0.1, 0.15) is 51.6 Å². The minimum absolute atomic E-state index is 0.0223. The summed E-state index contributed by atoms with van der Waals surface area (Å²) in [4.78, 5) is 72.1. The highest BCUT2D eigenvalue weighted by Gasteiger charge is 2.55. The van der Waals surface area contributed by atoms with E-state index in [0.717, 1.165) is 50.2 Å². The van der Waals surface area contributed by atoms with Crippen molar-refractivity contribution in [3.63, 3.8) is 0 Å². The van der Waals surface area contributed by atoms with Crippen LogP contribution in [0.2, 0.25) is 0 Å². The third-order valence-electron chi connectivity index (χ3n) is 8.15. The molecule has 8 N–H and O–H groups in total. The van der Waals surface area contributed by atoms with Crippen molar-refractivity contribution in [1.29, 1.82) is 0 Å². The van der Waals surface area contributed by atoms with E-state index in [1.807, 2.05) is 0 Å². The number of unbranched alkanes of at least 4 members (excludes halogenated alkanes) is 1. The number of oxime groups is 1. The second kappa shape index (κ2) is 13.7. The minimum atomic E-state index is -1.77. The second-order valence-electron chi connectivity index (χ2n) is 11.9. The van der Waals surface area contributed by atoms with Crippen LogP contribution in [0.15, 0.2) is 21.8 Å². The summed E-state index contributed by atoms with van der Waals surface area (Å²) in [5.41, 5.74) is 9.76. The van der Waals surface area contributed by atoms with E-state index in [1.165, 1.54) is 35.9 Å². The molecule has 4 heterocycles. The van der Waals surface area contributed by atoms with Gasteiger partial charge in [0, 0.05) is 29.5 Å². The zero-order valence-electron chi connectivity index (χ0n) is 24.9. The van der Waals surface area contributed by atoms with Gasteiger partial charge in [-0.05, 0) is 33.1 Å². The number of nitrogens with zero attached hydrogens (tertiary/aromatic N) is 4. The number of hydrogen-bond acceptors (Lipinski definition) is 12. The fourth-order valence-electron chi connectivity index (χ4n) is 5.62. The van der Waals surface area contributed by atoms with Gasteiger partial charge in [-0.2, -0.15) is 0 Å². The first kappa shape index (κ1) is 34.1. The van der Waals surface area contributed by atoms with Crippen molar-refractivity contribution in [2.45, 2.75) is 69.0 Å². The van der Waals surface area contributed by atoms with Crippen LogP contribution in [0.5, 0.6) is 0 Å². The summed E-state index contributed by atoms with van der Waals surface area (Å²) in [5.74, 6) is -4.72. The Hall–Kier alpha value is -3.74. The van der Waals surface area contributed by atoms with Gasteiger partial charge in [0.2, 0.25) is 5.60 Å². The summed E-state index contributed by atoms with van der Waals surface area (Å²) in [6.07, 6.45) is 3.71. The lowest BCUT2D eigenvalue weighted by Gasteiger charge is -2.50. The largest absolute Gasteiger partial charge is 0.480 e. The highest BCUT2D eigenvalue weighted by atomic mass is 32.2. The number of quaternary nitrogens is 1. The number of carboxylic acids is 3. The first-order valence-corrected chi connectivity index (χ1v) is 16.3. The van der Waals surface area contributed by atoms with Crippen molar-refractivity contribution in [3.8, 4) is 0 Å². The van der Waals surface area contributed by atoms with Crippen LogP contribution < -0.4 is 16.8 Å². The predicted octanol–water partition coefficient (Wildman–Crippen LogP) is 0.241. The molecule has 1 unspecified atom stereocenters. The van der Waals surface area contributed by atoms with Crippen LogP contribution in [0.3, 0.4) is 0 Å². The lowest BCUT2D eigenvalue weighted by Crippen LogP contribution is -2.71. The number of fused-ring (bicyclic) bond motifs is 1. The molecule has 1 aromatic heterocycles. The Morgan fingerprint density at radius 3 is 2.49 bits per heavy atom. The third kappa shape index (κ3) is 7.57. The molecule has 246 valence electrons. The number of rotatable bonds is 15. The van der Waals surface area contributed by atoms with E-state index >= 15 is 0 Å². The van der Waals surface area contributed by atoms with Crippen molar-refractivity contribution in [2.75, 3.05) is 37.7 Å². The van der Waals surface area contributed by atoms with Crippen molar-refractivity contribution < 1.29 is 48.6 Å². The van der Waals surface area contributed by atoms with Crippen LogP contribution in [-0.2, 0) is 28.8 Å². The molecular weight excluding hydrogens is 630 g/mol. The van der Waals surface area contributed by atoms with E-state index in [-0.39, 0.29) is 22.2 Å². The fraction of sp³-hybridized carbons (Fsp3) is 0.593. The molecule has 4 rings (SSSR count). The number of carbonyl (C=O) groups is 5. The van der Waals surface area contributed by atoms with Crippen LogP contribution >= 0.6 is 23.1 Å². The summed E-state index contributed by atoms with van der Waals surface area (Å²) in [5, 5.41) is 35.8. The average molecular weight is 669 g/mol. The maximum absolute atomic E-state index is 13.4. The second-order valence-corrected chi connectivity index (χ2v) is 13.8. The number of carbonyl (C=O) groups excluding carboxylic acids is 2. The van der Waals surface area contributed by atoms with Gasteiger partial charge in [0.05, 0.1) is 19.6 Å². The molecule has 2 fully saturated rings. The molecule has 45 heavy (non-hydrogen) atoms. The maximum atomic E-state index is 13.4. The van der Waals surface area contributed by atoms with Gasteiger partial charge in [-0.25, -0.2) is 14.6 Å². The van der Waals surface area contributed by atoms with E-state index in [9.17, 15) is 34.2 Å². The standard InChI is InChI=1S/C27H37N7O9S2/c1-27(2,25(41)42)43-32-17(16-13-45-26(29)30-16)20(35)31-18-21(36)33-19(24(39)40)14(12-44-22(18)33)11-34(9-5-6-10-34)8-4-3-7-15(28)23(37)38/h13,15,18,22H,3-12,28H2,1-2H3,(H5-,29,30,31,35,37,38,39,40,41,42)/p+1/b32-17-/t15-,18+,22?/m0/s1. The first-order chi connectivity index (χ1) is 21.2. The number of β-lactam (4-membered cyclic amide) rings is 1. The summed E-state index contributed by atoms with van der Waals surface area (Å²) in [6, 6.07) is -1.98. The van der Waals surface area contributed by atoms with E-state index in [1.54, 1.807) is 0 Å². The monoisotopic (exact) mass is 668 g/mol. The van der Waals surface area contributed by atoms with Gasteiger partial charge < -0.3 is 41.4 Å².